The van der Waals surface area contributed by atoms with E-state index in [4.69, 9.17) is 8.94 Å². The van der Waals surface area contributed by atoms with Crippen LogP contribution in [0.15, 0.2) is 69.6 Å². The van der Waals surface area contributed by atoms with Gasteiger partial charge in [0, 0.05) is 12.1 Å². The molecule has 4 rings (SSSR count). The van der Waals surface area contributed by atoms with Crippen molar-refractivity contribution in [1.29, 1.82) is 0 Å². The van der Waals surface area contributed by atoms with Crippen molar-refractivity contribution in [2.75, 3.05) is 6.54 Å². The molecule has 0 N–H and O–H groups in total. The molecule has 0 bridgehead atoms. The van der Waals surface area contributed by atoms with E-state index in [-0.39, 0.29) is 0 Å². The Kier molecular flexibility index (Phi) is 5.81. The second-order valence-corrected chi connectivity index (χ2v) is 7.03. The Morgan fingerprint density at radius 3 is 2.34 bits per heavy atom. The lowest BCUT2D eigenvalue weighted by molar-refractivity contribution is 0.232. The van der Waals surface area contributed by atoms with Crippen LogP contribution in [0.3, 0.4) is 0 Å². The Morgan fingerprint density at radius 1 is 0.897 bits per heavy atom. The van der Waals surface area contributed by atoms with Crippen LogP contribution in [0.2, 0.25) is 0 Å². The van der Waals surface area contributed by atoms with Gasteiger partial charge in [-0.25, -0.2) is 0 Å². The summed E-state index contributed by atoms with van der Waals surface area (Å²) in [5.41, 5.74) is 3.69. The molecular formula is C23H24N4O2. The molecule has 2 heterocycles. The van der Waals surface area contributed by atoms with Gasteiger partial charge in [0.1, 0.15) is 17.0 Å². The van der Waals surface area contributed by atoms with Gasteiger partial charge in [-0.15, -0.1) is 10.2 Å². The van der Waals surface area contributed by atoms with Crippen molar-refractivity contribution in [3.63, 3.8) is 0 Å². The predicted octanol–water partition coefficient (Wildman–Crippen LogP) is 5.11. The molecule has 29 heavy (non-hydrogen) atoms. The number of aryl methyl sites for hydroxylation is 1. The zero-order valence-electron chi connectivity index (χ0n) is 16.7. The highest BCUT2D eigenvalue weighted by molar-refractivity contribution is 5.77. The number of rotatable bonds is 8. The van der Waals surface area contributed by atoms with Crippen LogP contribution < -0.4 is 0 Å². The maximum Gasteiger partial charge on any atom is 0.253 e. The standard InChI is InChI=1S/C23H24N4O2/c1-3-14-27(15-18-10-6-4-7-11-18)16-20-24-25-23(28-20)21-17(2)29-26-22(21)19-12-8-5-9-13-19/h4-13H,3,14-16H2,1-2H3. The Hall–Kier alpha value is -3.25. The fourth-order valence-corrected chi connectivity index (χ4v) is 3.40. The molecular weight excluding hydrogens is 364 g/mol. The normalized spacial score (nSPS) is 11.3. The van der Waals surface area contributed by atoms with Gasteiger partial charge >= 0.3 is 0 Å². The average molecular weight is 388 g/mol. The zero-order chi connectivity index (χ0) is 20.1. The lowest BCUT2D eigenvalue weighted by Crippen LogP contribution is -2.23. The molecule has 0 amide bonds. The van der Waals surface area contributed by atoms with Gasteiger partial charge in [0.2, 0.25) is 5.89 Å². The van der Waals surface area contributed by atoms with Crippen LogP contribution in [0.4, 0.5) is 0 Å². The van der Waals surface area contributed by atoms with Crippen LogP contribution in [0.5, 0.6) is 0 Å². The summed E-state index contributed by atoms with van der Waals surface area (Å²) in [7, 11) is 0. The Morgan fingerprint density at radius 2 is 1.62 bits per heavy atom. The van der Waals surface area contributed by atoms with Gasteiger partial charge in [-0.3, -0.25) is 4.90 Å². The first-order chi connectivity index (χ1) is 14.2. The highest BCUT2D eigenvalue weighted by Gasteiger charge is 2.22. The molecule has 148 valence electrons. The zero-order valence-corrected chi connectivity index (χ0v) is 16.7. The summed E-state index contributed by atoms with van der Waals surface area (Å²) in [5, 5.41) is 12.8. The van der Waals surface area contributed by atoms with Crippen molar-refractivity contribution in [3.8, 4) is 22.7 Å². The SMILES string of the molecule is CCCN(Cc1ccccc1)Cc1nnc(-c2c(-c3ccccc3)noc2C)o1. The smallest absolute Gasteiger partial charge is 0.253 e. The van der Waals surface area contributed by atoms with E-state index in [1.165, 1.54) is 5.56 Å². The molecule has 2 aromatic heterocycles. The third kappa shape index (κ3) is 4.43. The lowest BCUT2D eigenvalue weighted by Gasteiger charge is -2.19. The predicted molar refractivity (Wildman–Crippen MR) is 111 cm³/mol. The van der Waals surface area contributed by atoms with E-state index in [2.05, 4.69) is 51.4 Å². The first-order valence-corrected chi connectivity index (χ1v) is 9.85. The molecule has 0 spiro atoms. The minimum atomic E-state index is 0.439. The van der Waals surface area contributed by atoms with E-state index in [0.29, 0.717) is 29.8 Å². The summed E-state index contributed by atoms with van der Waals surface area (Å²) in [4.78, 5) is 2.31. The summed E-state index contributed by atoms with van der Waals surface area (Å²) < 4.78 is 11.4. The number of hydrogen-bond acceptors (Lipinski definition) is 6. The largest absolute Gasteiger partial charge is 0.419 e. The minimum Gasteiger partial charge on any atom is -0.419 e. The molecule has 0 saturated heterocycles. The molecule has 0 atom stereocenters. The maximum absolute atomic E-state index is 6.02. The molecule has 0 aliphatic heterocycles. The number of benzene rings is 2. The van der Waals surface area contributed by atoms with Crippen LogP contribution in [0.25, 0.3) is 22.7 Å². The molecule has 0 fully saturated rings. The van der Waals surface area contributed by atoms with Crippen LogP contribution in [0.1, 0.15) is 30.6 Å². The van der Waals surface area contributed by atoms with Gasteiger partial charge in [-0.1, -0.05) is 72.7 Å². The van der Waals surface area contributed by atoms with Crippen molar-refractivity contribution in [2.45, 2.75) is 33.4 Å². The summed E-state index contributed by atoms with van der Waals surface area (Å²) in [6.07, 6.45) is 1.05. The topological polar surface area (TPSA) is 68.2 Å². The molecule has 0 unspecified atom stereocenters. The van der Waals surface area contributed by atoms with E-state index in [0.717, 1.165) is 30.6 Å². The van der Waals surface area contributed by atoms with Gasteiger partial charge in [0.15, 0.2) is 0 Å². The quantitative estimate of drug-likeness (QED) is 0.418. The Balaban J connectivity index is 1.56. The first kappa shape index (κ1) is 19.1. The number of nitrogens with zero attached hydrogens (tertiary/aromatic N) is 4. The Labute approximate surface area is 170 Å². The summed E-state index contributed by atoms with van der Waals surface area (Å²) in [6.45, 7) is 6.42. The number of hydrogen-bond donors (Lipinski definition) is 0. The second-order valence-electron chi connectivity index (χ2n) is 7.03. The monoisotopic (exact) mass is 388 g/mol. The van der Waals surface area contributed by atoms with Crippen molar-refractivity contribution in [2.24, 2.45) is 0 Å². The van der Waals surface area contributed by atoms with Gasteiger partial charge in [-0.2, -0.15) is 0 Å². The first-order valence-electron chi connectivity index (χ1n) is 9.85. The molecule has 0 aliphatic rings. The van der Waals surface area contributed by atoms with Gasteiger partial charge in [0.05, 0.1) is 6.54 Å². The molecule has 4 aromatic rings. The van der Waals surface area contributed by atoms with Gasteiger partial charge < -0.3 is 8.94 Å². The van der Waals surface area contributed by atoms with Crippen LogP contribution in [0, 0.1) is 6.92 Å². The van der Waals surface area contributed by atoms with Crippen molar-refractivity contribution in [3.05, 3.63) is 77.9 Å². The molecule has 0 aliphatic carbocycles. The minimum absolute atomic E-state index is 0.439. The highest BCUT2D eigenvalue weighted by atomic mass is 16.5. The van der Waals surface area contributed by atoms with E-state index >= 15 is 0 Å². The average Bonchev–Trinajstić information content (AvgIpc) is 3.36. The summed E-state index contributed by atoms with van der Waals surface area (Å²) in [6, 6.07) is 20.3. The molecule has 6 nitrogen and oxygen atoms in total. The van der Waals surface area contributed by atoms with Crippen LogP contribution in [-0.2, 0) is 13.1 Å². The van der Waals surface area contributed by atoms with Crippen LogP contribution >= 0.6 is 0 Å². The van der Waals surface area contributed by atoms with Gasteiger partial charge in [-0.05, 0) is 25.5 Å². The van der Waals surface area contributed by atoms with Crippen LogP contribution in [-0.4, -0.2) is 26.8 Å². The summed E-state index contributed by atoms with van der Waals surface area (Å²) >= 11 is 0. The maximum atomic E-state index is 6.02. The third-order valence-corrected chi connectivity index (χ3v) is 4.74. The van der Waals surface area contributed by atoms with E-state index in [9.17, 15) is 0 Å². The van der Waals surface area contributed by atoms with E-state index in [1.807, 2.05) is 43.3 Å². The molecule has 2 aromatic carbocycles. The van der Waals surface area contributed by atoms with E-state index in [1.54, 1.807) is 0 Å². The van der Waals surface area contributed by atoms with Crippen molar-refractivity contribution in [1.82, 2.24) is 20.3 Å². The highest BCUT2D eigenvalue weighted by Crippen LogP contribution is 2.33. The van der Waals surface area contributed by atoms with Crippen molar-refractivity contribution < 1.29 is 8.94 Å². The third-order valence-electron chi connectivity index (χ3n) is 4.74. The van der Waals surface area contributed by atoms with E-state index < -0.39 is 0 Å². The number of aromatic nitrogens is 3. The fraction of sp³-hybridized carbons (Fsp3) is 0.261. The van der Waals surface area contributed by atoms with Crippen molar-refractivity contribution >= 4 is 0 Å². The molecule has 0 radical (unpaired) electrons. The lowest BCUT2D eigenvalue weighted by atomic mass is 10.1. The van der Waals surface area contributed by atoms with Gasteiger partial charge in [0.25, 0.3) is 5.89 Å². The molecule has 6 heteroatoms. The second kappa shape index (κ2) is 8.84. The fourth-order valence-electron chi connectivity index (χ4n) is 3.40. The Bertz CT molecular complexity index is 1040. The summed E-state index contributed by atoms with van der Waals surface area (Å²) in [5.74, 6) is 1.69. The molecule has 0 saturated carbocycles.